The molecule has 2 rings (SSSR count). The summed E-state index contributed by atoms with van der Waals surface area (Å²) in [6.07, 6.45) is 1.55. The quantitative estimate of drug-likeness (QED) is 0.716. The number of halogens is 1. The van der Waals surface area contributed by atoms with Crippen LogP contribution < -0.4 is 0 Å². The lowest BCUT2D eigenvalue weighted by atomic mass is 10.1. The topological polar surface area (TPSA) is 72.3 Å². The summed E-state index contributed by atoms with van der Waals surface area (Å²) in [5.74, 6) is 0.00796. The first-order valence-corrected chi connectivity index (χ1v) is 6.94. The number of nitrogens with zero attached hydrogens (tertiary/aromatic N) is 3. The van der Waals surface area contributed by atoms with Crippen molar-refractivity contribution in [3.8, 4) is 0 Å². The molecule has 0 spiro atoms. The van der Waals surface area contributed by atoms with Crippen molar-refractivity contribution < 1.29 is 13.2 Å². The Kier molecular flexibility index (Phi) is 2.67. The number of aromatic nitrogens is 2. The van der Waals surface area contributed by atoms with Gasteiger partial charge in [0.1, 0.15) is 0 Å². The Labute approximate surface area is 97.2 Å². The number of likely N-dealkylation sites (tertiary alicyclic amines) is 1. The Balaban J connectivity index is 2.08. The molecule has 1 amide bonds. The summed E-state index contributed by atoms with van der Waals surface area (Å²) in [7, 11) is 1.38. The fraction of sp³-hybridized carbons (Fsp3) is 0.500. The van der Waals surface area contributed by atoms with Crippen LogP contribution in [0.25, 0.3) is 0 Å². The first-order valence-electron chi connectivity index (χ1n) is 4.63. The van der Waals surface area contributed by atoms with Gasteiger partial charge in [0, 0.05) is 36.9 Å². The molecule has 0 atom stereocenters. The maximum absolute atomic E-state index is 11.0. The van der Waals surface area contributed by atoms with Crippen molar-refractivity contribution in [2.75, 3.05) is 13.1 Å². The van der Waals surface area contributed by atoms with Gasteiger partial charge in [0.25, 0.3) is 9.05 Å². The number of rotatable bonds is 2. The molecule has 2 heterocycles. The van der Waals surface area contributed by atoms with E-state index in [1.807, 2.05) is 0 Å². The zero-order valence-electron chi connectivity index (χ0n) is 8.50. The van der Waals surface area contributed by atoms with Crippen molar-refractivity contribution in [3.63, 3.8) is 0 Å². The van der Waals surface area contributed by atoms with Crippen LogP contribution in [0.5, 0.6) is 0 Å². The van der Waals surface area contributed by atoms with Gasteiger partial charge in [-0.2, -0.15) is 5.10 Å². The van der Waals surface area contributed by atoms with E-state index >= 15 is 0 Å². The molecule has 1 aromatic heterocycles. The fourth-order valence-corrected chi connectivity index (χ4v) is 2.20. The monoisotopic (exact) mass is 263 g/mol. The van der Waals surface area contributed by atoms with Crippen LogP contribution in [0.4, 0.5) is 0 Å². The van der Waals surface area contributed by atoms with Crippen molar-refractivity contribution in [1.29, 1.82) is 0 Å². The lowest BCUT2D eigenvalue weighted by Crippen LogP contribution is -2.50. The molecule has 1 aliphatic rings. The summed E-state index contributed by atoms with van der Waals surface area (Å²) in [4.78, 5) is 12.6. The highest BCUT2D eigenvalue weighted by atomic mass is 35.7. The molecular weight excluding hydrogens is 254 g/mol. The molecule has 0 aliphatic carbocycles. The number of hydrogen-bond donors (Lipinski definition) is 0. The van der Waals surface area contributed by atoms with Crippen molar-refractivity contribution >= 4 is 25.6 Å². The van der Waals surface area contributed by atoms with E-state index in [4.69, 9.17) is 10.7 Å². The van der Waals surface area contributed by atoms with E-state index in [-0.39, 0.29) is 17.0 Å². The number of carbonyl (C=O) groups is 1. The highest BCUT2D eigenvalue weighted by molar-refractivity contribution is 8.13. The van der Waals surface area contributed by atoms with Gasteiger partial charge in [-0.05, 0) is 6.07 Å². The second-order valence-electron chi connectivity index (χ2n) is 3.65. The molecule has 1 aromatic rings. The summed E-state index contributed by atoms with van der Waals surface area (Å²) in [5.41, 5.74) is 0. The molecule has 0 saturated carbocycles. The largest absolute Gasteiger partial charge is 0.339 e. The van der Waals surface area contributed by atoms with Crippen molar-refractivity contribution in [2.45, 2.75) is 18.0 Å². The van der Waals surface area contributed by atoms with E-state index in [1.54, 1.807) is 11.1 Å². The minimum absolute atomic E-state index is 0.00796. The predicted molar refractivity (Wildman–Crippen MR) is 56.6 cm³/mol. The summed E-state index contributed by atoms with van der Waals surface area (Å²) < 4.78 is 23.5. The minimum Gasteiger partial charge on any atom is -0.339 e. The van der Waals surface area contributed by atoms with E-state index in [0.717, 1.165) is 0 Å². The standard InChI is InChI=1S/C8H10ClN3O3S/c1-6(13)11-4-7(5-11)12-3-2-8(10-12)16(9,14)15/h2-3,7H,4-5H2,1H3. The van der Waals surface area contributed by atoms with Crippen LogP contribution in [0, 0.1) is 0 Å². The summed E-state index contributed by atoms with van der Waals surface area (Å²) in [6.45, 7) is 2.60. The molecule has 0 radical (unpaired) electrons. The Hall–Kier alpha value is -1.08. The van der Waals surface area contributed by atoms with Crippen LogP contribution in [0.2, 0.25) is 0 Å². The number of carbonyl (C=O) groups excluding carboxylic acids is 1. The third-order valence-electron chi connectivity index (χ3n) is 2.52. The predicted octanol–water partition coefficient (Wildman–Crippen LogP) is 0.214. The van der Waals surface area contributed by atoms with Gasteiger partial charge in [-0.15, -0.1) is 0 Å². The third-order valence-corrected chi connectivity index (χ3v) is 3.71. The molecule has 0 aromatic carbocycles. The van der Waals surface area contributed by atoms with Gasteiger partial charge in [-0.1, -0.05) is 0 Å². The Morgan fingerprint density at radius 1 is 1.56 bits per heavy atom. The molecule has 0 N–H and O–H groups in total. The van der Waals surface area contributed by atoms with Gasteiger partial charge in [-0.25, -0.2) is 8.42 Å². The van der Waals surface area contributed by atoms with E-state index in [0.29, 0.717) is 13.1 Å². The Morgan fingerprint density at radius 2 is 2.19 bits per heavy atom. The minimum atomic E-state index is -3.77. The van der Waals surface area contributed by atoms with Crippen LogP contribution in [-0.4, -0.2) is 42.1 Å². The molecule has 1 fully saturated rings. The van der Waals surface area contributed by atoms with Crippen LogP contribution in [-0.2, 0) is 13.8 Å². The second kappa shape index (κ2) is 3.74. The van der Waals surface area contributed by atoms with Crippen molar-refractivity contribution in [3.05, 3.63) is 12.3 Å². The summed E-state index contributed by atoms with van der Waals surface area (Å²) in [6, 6.07) is 1.38. The molecule has 1 aliphatic heterocycles. The van der Waals surface area contributed by atoms with Gasteiger partial charge < -0.3 is 4.90 Å². The van der Waals surface area contributed by atoms with Gasteiger partial charge in [0.2, 0.25) is 5.91 Å². The van der Waals surface area contributed by atoms with E-state index in [9.17, 15) is 13.2 Å². The smallest absolute Gasteiger partial charge is 0.280 e. The normalized spacial score (nSPS) is 17.2. The summed E-state index contributed by atoms with van der Waals surface area (Å²) in [5, 5.41) is 3.70. The van der Waals surface area contributed by atoms with Crippen LogP contribution in [0.1, 0.15) is 13.0 Å². The average molecular weight is 264 g/mol. The van der Waals surface area contributed by atoms with Crippen LogP contribution in [0.15, 0.2) is 17.3 Å². The lowest BCUT2D eigenvalue weighted by Gasteiger charge is -2.38. The Bertz CT molecular complexity index is 518. The highest BCUT2D eigenvalue weighted by Gasteiger charge is 2.31. The zero-order valence-corrected chi connectivity index (χ0v) is 10.1. The SMILES string of the molecule is CC(=O)N1CC(n2ccc(S(=O)(=O)Cl)n2)C1. The van der Waals surface area contributed by atoms with Crippen LogP contribution in [0.3, 0.4) is 0 Å². The van der Waals surface area contributed by atoms with Crippen LogP contribution >= 0.6 is 10.7 Å². The van der Waals surface area contributed by atoms with Gasteiger partial charge in [0.05, 0.1) is 6.04 Å². The second-order valence-corrected chi connectivity index (χ2v) is 6.16. The number of hydrogen-bond acceptors (Lipinski definition) is 4. The Morgan fingerprint density at radius 3 is 2.62 bits per heavy atom. The molecule has 88 valence electrons. The zero-order chi connectivity index (χ0) is 11.9. The molecule has 8 heteroatoms. The molecule has 0 bridgehead atoms. The molecule has 16 heavy (non-hydrogen) atoms. The van der Waals surface area contributed by atoms with Gasteiger partial charge in [-0.3, -0.25) is 9.48 Å². The first-order chi connectivity index (χ1) is 7.38. The van der Waals surface area contributed by atoms with Crippen molar-refractivity contribution in [1.82, 2.24) is 14.7 Å². The molecule has 0 unspecified atom stereocenters. The summed E-state index contributed by atoms with van der Waals surface area (Å²) >= 11 is 0. The van der Waals surface area contributed by atoms with E-state index < -0.39 is 9.05 Å². The first kappa shape index (κ1) is 11.4. The maximum atomic E-state index is 11.0. The molecule has 1 saturated heterocycles. The lowest BCUT2D eigenvalue weighted by molar-refractivity contribution is -0.134. The highest BCUT2D eigenvalue weighted by Crippen LogP contribution is 2.22. The molecular formula is C8H10ClN3O3S. The fourth-order valence-electron chi connectivity index (χ4n) is 1.53. The van der Waals surface area contributed by atoms with Gasteiger partial charge in [0.15, 0.2) is 5.03 Å². The average Bonchev–Trinajstić information content (AvgIpc) is 2.47. The molecule has 6 nitrogen and oxygen atoms in total. The van der Waals surface area contributed by atoms with E-state index in [1.165, 1.54) is 17.7 Å². The van der Waals surface area contributed by atoms with Crippen molar-refractivity contribution in [2.24, 2.45) is 0 Å². The number of amides is 1. The van der Waals surface area contributed by atoms with E-state index in [2.05, 4.69) is 5.10 Å². The third kappa shape index (κ3) is 2.05. The van der Waals surface area contributed by atoms with Gasteiger partial charge >= 0.3 is 0 Å². The maximum Gasteiger partial charge on any atom is 0.280 e.